The lowest BCUT2D eigenvalue weighted by molar-refractivity contribution is -0.144. The fraction of sp³-hybridized carbons (Fsp3) is 0.382. The lowest BCUT2D eigenvalue weighted by Gasteiger charge is -2.38. The largest absolute Gasteiger partial charge is 0.347 e. The van der Waals surface area contributed by atoms with Gasteiger partial charge in [-0.3, -0.25) is 24.4 Å². The van der Waals surface area contributed by atoms with Crippen LogP contribution >= 0.6 is 0 Å². The maximum Gasteiger partial charge on any atom is 0.243 e. The molecule has 3 atom stereocenters. The molecule has 1 aromatic carbocycles. The van der Waals surface area contributed by atoms with Crippen molar-refractivity contribution in [1.82, 2.24) is 20.2 Å². The Balaban J connectivity index is 1.64. The van der Waals surface area contributed by atoms with Crippen LogP contribution in [-0.4, -0.2) is 45.1 Å². The average Bonchev–Trinajstić information content (AvgIpc) is 2.96. The average molecular weight is 553 g/mol. The predicted molar refractivity (Wildman–Crippen MR) is 161 cm³/mol. The Hall–Kier alpha value is -4.13. The van der Waals surface area contributed by atoms with Gasteiger partial charge in [0.2, 0.25) is 11.8 Å². The summed E-state index contributed by atoms with van der Waals surface area (Å²) in [5, 5.41) is 3.13. The zero-order chi connectivity index (χ0) is 29.5. The van der Waals surface area contributed by atoms with E-state index in [0.29, 0.717) is 25.8 Å². The number of benzene rings is 1. The fourth-order valence-electron chi connectivity index (χ4n) is 5.71. The zero-order valence-corrected chi connectivity index (χ0v) is 24.5. The first-order valence-corrected chi connectivity index (χ1v) is 14.4. The molecule has 1 saturated heterocycles. The summed E-state index contributed by atoms with van der Waals surface area (Å²) >= 11 is 0. The van der Waals surface area contributed by atoms with Crippen molar-refractivity contribution in [1.29, 1.82) is 0 Å². The number of rotatable bonds is 11. The van der Waals surface area contributed by atoms with Gasteiger partial charge in [-0.15, -0.1) is 0 Å². The molecule has 1 fully saturated rings. The van der Waals surface area contributed by atoms with Crippen molar-refractivity contribution in [3.8, 4) is 11.1 Å². The maximum atomic E-state index is 14.0. The molecule has 1 aliphatic heterocycles. The summed E-state index contributed by atoms with van der Waals surface area (Å²) in [6, 6.07) is 12.6. The number of hydrogen-bond acceptors (Lipinski definition) is 5. The summed E-state index contributed by atoms with van der Waals surface area (Å²) in [4.78, 5) is 50.5. The van der Waals surface area contributed by atoms with Crippen LogP contribution in [0.15, 0.2) is 73.7 Å². The summed E-state index contributed by atoms with van der Waals surface area (Å²) in [6.45, 7) is 12.3. The molecule has 1 N–H and O–H groups in total. The number of piperidine rings is 1. The van der Waals surface area contributed by atoms with Crippen LogP contribution in [0.3, 0.4) is 0 Å². The minimum absolute atomic E-state index is 0.0320. The normalized spacial score (nSPS) is 16.8. The van der Waals surface area contributed by atoms with Crippen LogP contribution in [0.2, 0.25) is 0 Å². The third-order valence-corrected chi connectivity index (χ3v) is 7.80. The number of hydrogen-bond donors (Lipinski definition) is 1. The molecule has 0 bridgehead atoms. The molecule has 1 unspecified atom stereocenters. The summed E-state index contributed by atoms with van der Waals surface area (Å²) in [7, 11) is 0. The van der Waals surface area contributed by atoms with E-state index in [-0.39, 0.29) is 35.9 Å². The minimum Gasteiger partial charge on any atom is -0.347 e. The summed E-state index contributed by atoms with van der Waals surface area (Å²) < 4.78 is 0. The fourth-order valence-corrected chi connectivity index (χ4v) is 5.71. The Morgan fingerprint density at radius 3 is 2.54 bits per heavy atom. The quantitative estimate of drug-likeness (QED) is 0.300. The number of nitrogens with one attached hydrogen (secondary N) is 1. The molecule has 0 aliphatic carbocycles. The minimum atomic E-state index is -0.662. The number of ketones is 1. The van der Waals surface area contributed by atoms with Crippen LogP contribution in [0.25, 0.3) is 11.1 Å². The van der Waals surface area contributed by atoms with Crippen molar-refractivity contribution in [2.45, 2.75) is 71.4 Å². The Bertz CT molecular complexity index is 1380. The molecular weight excluding hydrogens is 512 g/mol. The number of aromatic nitrogens is 2. The van der Waals surface area contributed by atoms with Gasteiger partial charge in [0.1, 0.15) is 6.04 Å². The maximum absolute atomic E-state index is 14.0. The third-order valence-electron chi connectivity index (χ3n) is 7.80. The Morgan fingerprint density at radius 1 is 1.12 bits per heavy atom. The molecular formula is C34H40N4O3. The second-order valence-corrected chi connectivity index (χ2v) is 11.4. The van der Waals surface area contributed by atoms with E-state index in [9.17, 15) is 14.4 Å². The van der Waals surface area contributed by atoms with E-state index >= 15 is 0 Å². The van der Waals surface area contributed by atoms with Crippen molar-refractivity contribution >= 4 is 17.6 Å². The molecule has 0 saturated carbocycles. The van der Waals surface area contributed by atoms with E-state index in [4.69, 9.17) is 0 Å². The number of allylic oxidation sites excluding steroid dienone is 1. The Kier molecular flexibility index (Phi) is 9.82. The van der Waals surface area contributed by atoms with Crippen molar-refractivity contribution in [2.75, 3.05) is 6.54 Å². The smallest absolute Gasteiger partial charge is 0.243 e. The molecule has 41 heavy (non-hydrogen) atoms. The van der Waals surface area contributed by atoms with E-state index < -0.39 is 12.1 Å². The lowest BCUT2D eigenvalue weighted by atomic mass is 9.90. The van der Waals surface area contributed by atoms with Crippen LogP contribution in [0.5, 0.6) is 0 Å². The summed E-state index contributed by atoms with van der Waals surface area (Å²) in [6.07, 6.45) is 8.16. The van der Waals surface area contributed by atoms with Crippen LogP contribution in [0.4, 0.5) is 0 Å². The number of likely N-dealkylation sites (tertiary alicyclic amines) is 1. The molecule has 3 heterocycles. The van der Waals surface area contributed by atoms with Gasteiger partial charge in [0.25, 0.3) is 0 Å². The number of pyridine rings is 2. The van der Waals surface area contributed by atoms with Gasteiger partial charge in [0, 0.05) is 55.2 Å². The van der Waals surface area contributed by atoms with Gasteiger partial charge >= 0.3 is 0 Å². The monoisotopic (exact) mass is 552 g/mol. The zero-order valence-electron chi connectivity index (χ0n) is 24.5. The first-order chi connectivity index (χ1) is 19.7. The van der Waals surface area contributed by atoms with Gasteiger partial charge < -0.3 is 10.2 Å². The summed E-state index contributed by atoms with van der Waals surface area (Å²) in [5.41, 5.74) is 5.90. The van der Waals surface area contributed by atoms with E-state index in [1.807, 2.05) is 44.2 Å². The summed E-state index contributed by atoms with van der Waals surface area (Å²) in [5.74, 6) is -0.246. The van der Waals surface area contributed by atoms with Crippen molar-refractivity contribution in [2.24, 2.45) is 5.92 Å². The van der Waals surface area contributed by atoms with E-state index in [1.165, 1.54) is 6.08 Å². The molecule has 7 nitrogen and oxygen atoms in total. The van der Waals surface area contributed by atoms with Gasteiger partial charge in [-0.25, -0.2) is 0 Å². The molecule has 7 heteroatoms. The van der Waals surface area contributed by atoms with Crippen molar-refractivity contribution in [3.05, 3.63) is 96.1 Å². The lowest BCUT2D eigenvalue weighted by Crippen LogP contribution is -2.53. The molecule has 0 spiro atoms. The number of carbonyl (C=O) groups is 3. The predicted octanol–water partition coefficient (Wildman–Crippen LogP) is 5.88. The van der Waals surface area contributed by atoms with Gasteiger partial charge in [-0.2, -0.15) is 0 Å². The number of amides is 2. The third kappa shape index (κ3) is 7.34. The molecule has 0 radical (unpaired) electrons. The van der Waals surface area contributed by atoms with Gasteiger partial charge in [-0.1, -0.05) is 44.7 Å². The molecule has 4 rings (SSSR count). The SMILES string of the molecule is C=CC(=O)C[C@H](NC(=O)[C@H](CC(C)C)N1CC(c2ccccn2)CCC1=O)c1cncc(-c2c(C)cccc2C)c1. The van der Waals surface area contributed by atoms with E-state index in [1.54, 1.807) is 23.5 Å². The molecule has 3 aromatic rings. The molecule has 214 valence electrons. The topological polar surface area (TPSA) is 92.3 Å². The second-order valence-electron chi connectivity index (χ2n) is 11.4. The number of aryl methyl sites for hydroxylation is 2. The van der Waals surface area contributed by atoms with Gasteiger partial charge in [-0.05, 0) is 79.1 Å². The molecule has 2 amide bonds. The first kappa shape index (κ1) is 29.8. The highest BCUT2D eigenvalue weighted by Crippen LogP contribution is 2.31. The number of carbonyl (C=O) groups excluding carboxylic acids is 3. The van der Waals surface area contributed by atoms with Crippen LogP contribution in [-0.2, 0) is 14.4 Å². The second kappa shape index (κ2) is 13.5. The first-order valence-electron chi connectivity index (χ1n) is 14.4. The van der Waals surface area contributed by atoms with Crippen LogP contribution < -0.4 is 5.32 Å². The highest BCUT2D eigenvalue weighted by Gasteiger charge is 2.37. The number of nitrogens with zero attached hydrogens (tertiary/aromatic N) is 3. The van der Waals surface area contributed by atoms with Crippen molar-refractivity contribution < 1.29 is 14.4 Å². The molecule has 1 aliphatic rings. The van der Waals surface area contributed by atoms with Gasteiger partial charge in [0.05, 0.1) is 6.04 Å². The molecule has 2 aromatic heterocycles. The van der Waals surface area contributed by atoms with Crippen LogP contribution in [0.1, 0.15) is 73.9 Å². The highest BCUT2D eigenvalue weighted by atomic mass is 16.2. The van der Waals surface area contributed by atoms with Crippen LogP contribution in [0, 0.1) is 19.8 Å². The van der Waals surface area contributed by atoms with Gasteiger partial charge in [0.15, 0.2) is 5.78 Å². The Labute approximate surface area is 243 Å². The van der Waals surface area contributed by atoms with E-state index in [2.05, 4.69) is 47.8 Å². The highest BCUT2D eigenvalue weighted by molar-refractivity contribution is 5.91. The standard InChI is InChI=1S/C34H40N4O3/c1-6-28(39)18-30(26-17-27(20-35-19-26)33-23(4)10-9-11-24(33)5)37-34(41)31(16-22(2)3)38-21-25(13-14-32(38)40)29-12-7-8-15-36-29/h6-12,15,17,19-20,22,25,30-31H,1,13-14,16,18,21H2,2-5H3,(H,37,41)/t25?,30-,31-/m0/s1. The van der Waals surface area contributed by atoms with Crippen molar-refractivity contribution in [3.63, 3.8) is 0 Å². The Morgan fingerprint density at radius 2 is 1.88 bits per heavy atom. The van der Waals surface area contributed by atoms with E-state index in [0.717, 1.165) is 33.5 Å².